The van der Waals surface area contributed by atoms with Crippen molar-refractivity contribution in [3.63, 3.8) is 0 Å². The fraction of sp³-hybridized carbons (Fsp3) is 0.579. The number of nitrogens with two attached hydrogens (primary N) is 1. The molecule has 1 atom stereocenters. The molecule has 1 aromatic carbocycles. The molecule has 0 radical (unpaired) electrons. The van der Waals surface area contributed by atoms with E-state index in [2.05, 4.69) is 41.3 Å². The van der Waals surface area contributed by atoms with Crippen LogP contribution in [0.4, 0.5) is 0 Å². The summed E-state index contributed by atoms with van der Waals surface area (Å²) in [5.41, 5.74) is 6.83. The number of nitrogens with one attached hydrogen (secondary N) is 2. The van der Waals surface area contributed by atoms with E-state index < -0.39 is 5.91 Å². The lowest BCUT2D eigenvalue weighted by Gasteiger charge is -2.21. The Kier molecular flexibility index (Phi) is 9.62. The number of rotatable bonds is 10. The lowest BCUT2D eigenvalue weighted by molar-refractivity contribution is 0.1000. The van der Waals surface area contributed by atoms with E-state index >= 15 is 0 Å². The van der Waals surface area contributed by atoms with Crippen molar-refractivity contribution in [3.05, 3.63) is 35.4 Å². The average Bonchev–Trinajstić information content (AvgIpc) is 2.62. The van der Waals surface area contributed by atoms with Crippen molar-refractivity contribution >= 4 is 11.9 Å². The summed E-state index contributed by atoms with van der Waals surface area (Å²) in [5, 5.41) is 6.69. The second-order valence-corrected chi connectivity index (χ2v) is 6.20. The van der Waals surface area contributed by atoms with Crippen LogP contribution in [0.3, 0.4) is 0 Å². The van der Waals surface area contributed by atoms with Crippen LogP contribution >= 0.6 is 0 Å². The van der Waals surface area contributed by atoms with Gasteiger partial charge in [-0.2, -0.15) is 0 Å². The molecule has 0 fully saturated rings. The van der Waals surface area contributed by atoms with Gasteiger partial charge in [0.05, 0.1) is 0 Å². The summed E-state index contributed by atoms with van der Waals surface area (Å²) in [6.45, 7) is 10.5. The van der Waals surface area contributed by atoms with E-state index in [1.807, 2.05) is 12.1 Å². The highest BCUT2D eigenvalue weighted by molar-refractivity contribution is 5.92. The average molecular weight is 348 g/mol. The number of carbonyl (C=O) groups excluding carboxylic acids is 1. The molecule has 0 saturated heterocycles. The largest absolute Gasteiger partial charge is 0.366 e. The molecule has 4 N–H and O–H groups in total. The molecule has 0 aliphatic heterocycles. The quantitative estimate of drug-likeness (QED) is 0.446. The minimum Gasteiger partial charge on any atom is -0.366 e. The molecule has 6 nitrogen and oxygen atoms in total. The van der Waals surface area contributed by atoms with E-state index in [0.29, 0.717) is 18.2 Å². The first-order chi connectivity index (χ1) is 12.0. The molecule has 0 aromatic heterocycles. The zero-order valence-electron chi connectivity index (χ0n) is 16.0. The van der Waals surface area contributed by atoms with Crippen LogP contribution in [-0.2, 0) is 6.54 Å². The molecular weight excluding hydrogens is 314 g/mol. The molecule has 0 aliphatic rings. The predicted octanol–water partition coefficient (Wildman–Crippen LogP) is 1.96. The van der Waals surface area contributed by atoms with Gasteiger partial charge in [0.25, 0.3) is 0 Å². The number of primary amides is 1. The third-order valence-corrected chi connectivity index (χ3v) is 4.28. The topological polar surface area (TPSA) is 82.8 Å². The van der Waals surface area contributed by atoms with Gasteiger partial charge in [0, 0.05) is 25.2 Å². The molecule has 0 aliphatic carbocycles. The van der Waals surface area contributed by atoms with E-state index in [9.17, 15) is 4.79 Å². The molecule has 0 spiro atoms. The van der Waals surface area contributed by atoms with Crippen LogP contribution in [0.25, 0.3) is 0 Å². The molecule has 1 unspecified atom stereocenters. The second kappa shape index (κ2) is 11.5. The Morgan fingerprint density at radius 1 is 1.32 bits per heavy atom. The van der Waals surface area contributed by atoms with Gasteiger partial charge in [0.2, 0.25) is 5.91 Å². The first kappa shape index (κ1) is 21.0. The minimum atomic E-state index is -0.411. The number of carbonyl (C=O) groups is 1. The van der Waals surface area contributed by atoms with Crippen LogP contribution in [0.15, 0.2) is 29.3 Å². The fourth-order valence-corrected chi connectivity index (χ4v) is 2.68. The highest BCUT2D eigenvalue weighted by Crippen LogP contribution is 2.04. The van der Waals surface area contributed by atoms with Gasteiger partial charge in [-0.1, -0.05) is 26.0 Å². The van der Waals surface area contributed by atoms with Crippen molar-refractivity contribution in [2.24, 2.45) is 10.7 Å². The maximum Gasteiger partial charge on any atom is 0.248 e. The van der Waals surface area contributed by atoms with E-state index in [4.69, 9.17) is 5.73 Å². The van der Waals surface area contributed by atoms with Crippen molar-refractivity contribution in [2.45, 2.75) is 46.2 Å². The minimum absolute atomic E-state index is 0.346. The summed E-state index contributed by atoms with van der Waals surface area (Å²) < 4.78 is 0. The van der Waals surface area contributed by atoms with Crippen LogP contribution in [0.1, 0.15) is 49.5 Å². The lowest BCUT2D eigenvalue weighted by atomic mass is 10.1. The first-order valence-electron chi connectivity index (χ1n) is 9.08. The molecule has 0 heterocycles. The third kappa shape index (κ3) is 8.03. The van der Waals surface area contributed by atoms with Gasteiger partial charge >= 0.3 is 0 Å². The Hall–Kier alpha value is -2.08. The highest BCUT2D eigenvalue weighted by Gasteiger charge is 2.07. The van der Waals surface area contributed by atoms with Gasteiger partial charge < -0.3 is 21.3 Å². The van der Waals surface area contributed by atoms with Crippen molar-refractivity contribution in [2.75, 3.05) is 26.7 Å². The van der Waals surface area contributed by atoms with Crippen molar-refractivity contribution < 1.29 is 4.79 Å². The normalized spacial score (nSPS) is 12.9. The molecule has 0 bridgehead atoms. The Balaban J connectivity index is 2.41. The van der Waals surface area contributed by atoms with Crippen LogP contribution in [-0.4, -0.2) is 49.5 Å². The van der Waals surface area contributed by atoms with Gasteiger partial charge in [-0.3, -0.25) is 9.79 Å². The summed E-state index contributed by atoms with van der Waals surface area (Å²) in [4.78, 5) is 18.0. The van der Waals surface area contributed by atoms with Crippen LogP contribution < -0.4 is 16.4 Å². The Morgan fingerprint density at radius 2 is 2.04 bits per heavy atom. The number of amides is 1. The standard InChI is InChI=1S/C19H33N5O/c1-5-24(6-2)12-8-9-15(3)23-19(21-4)22-14-16-10-7-11-17(13-16)18(20)25/h7,10-11,13,15H,5-6,8-9,12,14H2,1-4H3,(H2,20,25)(H2,21,22,23). The lowest BCUT2D eigenvalue weighted by Crippen LogP contribution is -2.42. The third-order valence-electron chi connectivity index (χ3n) is 4.28. The number of benzene rings is 1. The Bertz CT molecular complexity index is 555. The van der Waals surface area contributed by atoms with E-state index in [1.165, 1.54) is 0 Å². The molecule has 1 amide bonds. The van der Waals surface area contributed by atoms with Crippen LogP contribution in [0.5, 0.6) is 0 Å². The molecule has 1 aromatic rings. The summed E-state index contributed by atoms with van der Waals surface area (Å²) in [5.74, 6) is 0.353. The molecule has 0 saturated carbocycles. The smallest absolute Gasteiger partial charge is 0.248 e. The summed E-state index contributed by atoms with van der Waals surface area (Å²) in [6, 6.07) is 7.66. The number of hydrogen-bond donors (Lipinski definition) is 3. The van der Waals surface area contributed by atoms with Crippen LogP contribution in [0, 0.1) is 0 Å². The monoisotopic (exact) mass is 347 g/mol. The van der Waals surface area contributed by atoms with Gasteiger partial charge in [0.1, 0.15) is 0 Å². The molecule has 6 heteroatoms. The van der Waals surface area contributed by atoms with Gasteiger partial charge in [0.15, 0.2) is 5.96 Å². The number of guanidine groups is 1. The summed E-state index contributed by atoms with van der Waals surface area (Å²) >= 11 is 0. The van der Waals surface area contributed by atoms with E-state index in [-0.39, 0.29) is 0 Å². The van der Waals surface area contributed by atoms with Gasteiger partial charge in [-0.25, -0.2) is 0 Å². The molecule has 1 rings (SSSR count). The van der Waals surface area contributed by atoms with Gasteiger partial charge in [-0.05, 0) is 57.1 Å². The fourth-order valence-electron chi connectivity index (χ4n) is 2.68. The SMILES string of the molecule is CCN(CC)CCCC(C)NC(=NC)NCc1cccc(C(N)=O)c1. The number of hydrogen-bond acceptors (Lipinski definition) is 3. The summed E-state index contributed by atoms with van der Waals surface area (Å²) in [6.07, 6.45) is 2.25. The van der Waals surface area contributed by atoms with Crippen molar-refractivity contribution in [3.8, 4) is 0 Å². The molecule has 25 heavy (non-hydrogen) atoms. The molecule has 140 valence electrons. The zero-order valence-corrected chi connectivity index (χ0v) is 16.0. The second-order valence-electron chi connectivity index (χ2n) is 6.20. The van der Waals surface area contributed by atoms with E-state index in [1.54, 1.807) is 19.2 Å². The van der Waals surface area contributed by atoms with Crippen molar-refractivity contribution in [1.82, 2.24) is 15.5 Å². The highest BCUT2D eigenvalue weighted by atomic mass is 16.1. The number of aliphatic imine (C=N–C) groups is 1. The maximum absolute atomic E-state index is 11.2. The Labute approximate surface area is 151 Å². The first-order valence-corrected chi connectivity index (χ1v) is 9.08. The summed E-state index contributed by atoms with van der Waals surface area (Å²) in [7, 11) is 1.76. The zero-order chi connectivity index (χ0) is 18.7. The Morgan fingerprint density at radius 3 is 2.64 bits per heavy atom. The van der Waals surface area contributed by atoms with Crippen molar-refractivity contribution in [1.29, 1.82) is 0 Å². The molecular formula is C19H33N5O. The predicted molar refractivity (Wildman–Crippen MR) is 105 cm³/mol. The van der Waals surface area contributed by atoms with Crippen LogP contribution in [0.2, 0.25) is 0 Å². The van der Waals surface area contributed by atoms with E-state index in [0.717, 1.165) is 44.0 Å². The van der Waals surface area contributed by atoms with Gasteiger partial charge in [-0.15, -0.1) is 0 Å². The maximum atomic E-state index is 11.2. The number of nitrogens with zero attached hydrogens (tertiary/aromatic N) is 2.